The molecular formula is C34H30Cl2N6. The predicted molar refractivity (Wildman–Crippen MR) is 170 cm³/mol. The van der Waals surface area contributed by atoms with Crippen LogP contribution in [0.5, 0.6) is 0 Å². The zero-order valence-corrected chi connectivity index (χ0v) is 24.6. The Bertz CT molecular complexity index is 1650. The van der Waals surface area contributed by atoms with Gasteiger partial charge in [0.1, 0.15) is 11.6 Å². The van der Waals surface area contributed by atoms with E-state index in [4.69, 9.17) is 38.4 Å². The zero-order valence-electron chi connectivity index (χ0n) is 23.0. The van der Waals surface area contributed by atoms with Gasteiger partial charge in [0.2, 0.25) is 0 Å². The van der Waals surface area contributed by atoms with E-state index < -0.39 is 0 Å². The highest BCUT2D eigenvalue weighted by molar-refractivity contribution is 6.30. The number of fused-ring (bicyclic) bond motifs is 1. The Hall–Kier alpha value is -3.99. The Balaban J connectivity index is 1.17. The third-order valence-corrected chi connectivity index (χ3v) is 8.21. The number of nitrogens with zero attached hydrogens (tertiary/aromatic N) is 5. The molecule has 2 heterocycles. The Labute approximate surface area is 256 Å². The number of para-hydroxylation sites is 1. The standard InChI is InChI=1S/C34H30Cl2N6/c35-28-13-9-26(10-14-28)33(27-11-15-29(36)16-12-27)42-19-17-41(18-20-42)23-32-39-31-4-2-1-3-30(31)34(40-32)38-22-25-7-5-24(21-37)6-8-25/h1-16,33H,17-20,22-23H2,(H,38,39,40). The highest BCUT2D eigenvalue weighted by Gasteiger charge is 2.27. The van der Waals surface area contributed by atoms with Crippen LogP contribution in [0.15, 0.2) is 97.1 Å². The van der Waals surface area contributed by atoms with Crippen LogP contribution in [0.2, 0.25) is 10.0 Å². The Morgan fingerprint density at radius 3 is 2.00 bits per heavy atom. The minimum Gasteiger partial charge on any atom is -0.365 e. The minimum atomic E-state index is 0.122. The molecule has 1 saturated heterocycles. The van der Waals surface area contributed by atoms with Gasteiger partial charge >= 0.3 is 0 Å². The molecule has 0 unspecified atom stereocenters. The van der Waals surface area contributed by atoms with Crippen LogP contribution in [0.3, 0.4) is 0 Å². The number of piperazine rings is 1. The Kier molecular flexibility index (Phi) is 8.64. The van der Waals surface area contributed by atoms with Crippen LogP contribution in [0, 0.1) is 11.3 Å². The van der Waals surface area contributed by atoms with Crippen LogP contribution in [0.1, 0.15) is 34.1 Å². The van der Waals surface area contributed by atoms with Gasteiger partial charge in [-0.25, -0.2) is 9.97 Å². The summed E-state index contributed by atoms with van der Waals surface area (Å²) in [5.41, 5.74) is 5.10. The number of aromatic nitrogens is 2. The van der Waals surface area contributed by atoms with Crippen molar-refractivity contribution >= 4 is 39.9 Å². The smallest absolute Gasteiger partial charge is 0.145 e. The first kappa shape index (κ1) is 28.1. The summed E-state index contributed by atoms with van der Waals surface area (Å²) in [7, 11) is 0. The van der Waals surface area contributed by atoms with Gasteiger partial charge in [-0.05, 0) is 65.2 Å². The fourth-order valence-electron chi connectivity index (χ4n) is 5.50. The van der Waals surface area contributed by atoms with Crippen LogP contribution in [-0.4, -0.2) is 45.9 Å². The largest absolute Gasteiger partial charge is 0.365 e. The molecular weight excluding hydrogens is 563 g/mol. The topological polar surface area (TPSA) is 68.1 Å². The molecule has 1 aromatic heterocycles. The second-order valence-electron chi connectivity index (χ2n) is 10.5. The van der Waals surface area contributed by atoms with E-state index in [0.29, 0.717) is 18.7 Å². The van der Waals surface area contributed by atoms with Crippen molar-refractivity contribution in [1.29, 1.82) is 5.26 Å². The van der Waals surface area contributed by atoms with E-state index in [-0.39, 0.29) is 6.04 Å². The Morgan fingerprint density at radius 1 is 0.762 bits per heavy atom. The fourth-order valence-corrected chi connectivity index (χ4v) is 5.75. The molecule has 0 aliphatic carbocycles. The highest BCUT2D eigenvalue weighted by Crippen LogP contribution is 2.31. The van der Waals surface area contributed by atoms with E-state index >= 15 is 0 Å². The average Bonchev–Trinajstić information content (AvgIpc) is 3.03. The van der Waals surface area contributed by atoms with Crippen LogP contribution < -0.4 is 5.32 Å². The lowest BCUT2D eigenvalue weighted by Crippen LogP contribution is -2.47. The summed E-state index contributed by atoms with van der Waals surface area (Å²) in [6.45, 7) is 4.92. The number of nitriles is 1. The molecule has 0 atom stereocenters. The third kappa shape index (κ3) is 6.56. The maximum absolute atomic E-state index is 9.09. The normalized spacial score (nSPS) is 14.2. The summed E-state index contributed by atoms with van der Waals surface area (Å²) in [4.78, 5) is 14.8. The van der Waals surface area contributed by atoms with E-state index in [1.165, 1.54) is 11.1 Å². The van der Waals surface area contributed by atoms with Crippen LogP contribution in [-0.2, 0) is 13.1 Å². The van der Waals surface area contributed by atoms with Gasteiger partial charge in [0, 0.05) is 48.2 Å². The van der Waals surface area contributed by atoms with Crippen LogP contribution in [0.25, 0.3) is 10.9 Å². The molecule has 42 heavy (non-hydrogen) atoms. The summed E-state index contributed by atoms with van der Waals surface area (Å²) >= 11 is 12.4. The number of rotatable bonds is 8. The van der Waals surface area contributed by atoms with Crippen molar-refractivity contribution in [2.75, 3.05) is 31.5 Å². The second-order valence-corrected chi connectivity index (χ2v) is 11.4. The summed E-state index contributed by atoms with van der Waals surface area (Å²) < 4.78 is 0. The lowest BCUT2D eigenvalue weighted by Gasteiger charge is -2.39. The first-order valence-corrected chi connectivity index (χ1v) is 14.8. The fraction of sp³-hybridized carbons (Fsp3) is 0.206. The van der Waals surface area contributed by atoms with Crippen molar-refractivity contribution in [3.8, 4) is 6.07 Å². The van der Waals surface area contributed by atoms with E-state index in [0.717, 1.165) is 64.3 Å². The van der Waals surface area contributed by atoms with Gasteiger partial charge in [0.05, 0.1) is 29.7 Å². The number of hydrogen-bond acceptors (Lipinski definition) is 6. The van der Waals surface area contributed by atoms with Gasteiger partial charge < -0.3 is 5.32 Å². The maximum Gasteiger partial charge on any atom is 0.145 e. The zero-order chi connectivity index (χ0) is 28.9. The summed E-state index contributed by atoms with van der Waals surface area (Å²) in [5.74, 6) is 1.63. The SMILES string of the molecule is N#Cc1ccc(CNc2nc(CN3CCN(C(c4ccc(Cl)cc4)c4ccc(Cl)cc4)CC3)nc3ccccc23)cc1. The van der Waals surface area contributed by atoms with E-state index in [1.807, 2.05) is 72.8 Å². The third-order valence-electron chi connectivity index (χ3n) is 7.70. The van der Waals surface area contributed by atoms with Gasteiger partial charge in [0.25, 0.3) is 0 Å². The lowest BCUT2D eigenvalue weighted by atomic mass is 9.96. The molecule has 210 valence electrons. The molecule has 0 amide bonds. The molecule has 1 fully saturated rings. The molecule has 5 aromatic rings. The molecule has 0 saturated carbocycles. The van der Waals surface area contributed by atoms with E-state index in [1.54, 1.807) is 0 Å². The van der Waals surface area contributed by atoms with Crippen molar-refractivity contribution in [3.05, 3.63) is 135 Å². The first-order chi connectivity index (χ1) is 20.6. The van der Waals surface area contributed by atoms with Crippen LogP contribution >= 0.6 is 23.2 Å². The number of anilines is 1. The number of hydrogen-bond donors (Lipinski definition) is 1. The molecule has 0 bridgehead atoms. The minimum absolute atomic E-state index is 0.122. The lowest BCUT2D eigenvalue weighted by molar-refractivity contribution is 0.103. The highest BCUT2D eigenvalue weighted by atomic mass is 35.5. The van der Waals surface area contributed by atoms with Crippen molar-refractivity contribution in [2.45, 2.75) is 19.1 Å². The van der Waals surface area contributed by atoms with Gasteiger partial charge in [-0.15, -0.1) is 0 Å². The number of benzene rings is 4. The average molecular weight is 594 g/mol. The molecule has 0 spiro atoms. The van der Waals surface area contributed by atoms with Gasteiger partial charge in [-0.1, -0.05) is 71.7 Å². The predicted octanol–water partition coefficient (Wildman–Crippen LogP) is 7.33. The number of halogens is 2. The van der Waals surface area contributed by atoms with E-state index in [9.17, 15) is 0 Å². The summed E-state index contributed by atoms with van der Waals surface area (Å²) in [6, 6.07) is 34.3. The molecule has 1 aliphatic heterocycles. The van der Waals surface area contributed by atoms with Crippen molar-refractivity contribution in [3.63, 3.8) is 0 Å². The maximum atomic E-state index is 9.09. The van der Waals surface area contributed by atoms with Crippen molar-refractivity contribution in [2.24, 2.45) is 0 Å². The monoisotopic (exact) mass is 592 g/mol. The second kappa shape index (κ2) is 12.9. The van der Waals surface area contributed by atoms with Gasteiger partial charge in [-0.3, -0.25) is 9.80 Å². The summed E-state index contributed by atoms with van der Waals surface area (Å²) in [5, 5.41) is 15.1. The molecule has 6 rings (SSSR count). The van der Waals surface area contributed by atoms with E-state index in [2.05, 4.69) is 45.5 Å². The molecule has 6 nitrogen and oxygen atoms in total. The van der Waals surface area contributed by atoms with Gasteiger partial charge in [-0.2, -0.15) is 5.26 Å². The van der Waals surface area contributed by atoms with Crippen molar-refractivity contribution < 1.29 is 0 Å². The molecule has 4 aromatic carbocycles. The first-order valence-electron chi connectivity index (χ1n) is 14.0. The number of nitrogens with one attached hydrogen (secondary N) is 1. The van der Waals surface area contributed by atoms with Gasteiger partial charge in [0.15, 0.2) is 0 Å². The quantitative estimate of drug-likeness (QED) is 0.203. The van der Waals surface area contributed by atoms with Crippen LogP contribution in [0.4, 0.5) is 5.82 Å². The molecule has 1 aliphatic rings. The van der Waals surface area contributed by atoms with Crippen molar-refractivity contribution in [1.82, 2.24) is 19.8 Å². The summed E-state index contributed by atoms with van der Waals surface area (Å²) in [6.07, 6.45) is 0. The molecule has 8 heteroatoms. The molecule has 1 N–H and O–H groups in total. The molecule has 0 radical (unpaired) electrons. The Morgan fingerprint density at radius 2 is 1.38 bits per heavy atom.